The normalized spacial score (nSPS) is 11.9. The van der Waals surface area contributed by atoms with Crippen LogP contribution in [0, 0.1) is 0 Å². The van der Waals surface area contributed by atoms with Crippen LogP contribution in [0.5, 0.6) is 5.75 Å². The highest BCUT2D eigenvalue weighted by molar-refractivity contribution is 5.96. The maximum atomic E-state index is 11.7. The molecule has 0 spiro atoms. The number of benzene rings is 2. The van der Waals surface area contributed by atoms with E-state index in [1.165, 1.54) is 0 Å². The Hall–Kier alpha value is -2.09. The summed E-state index contributed by atoms with van der Waals surface area (Å²) >= 11 is 0. The van der Waals surface area contributed by atoms with E-state index in [0.717, 1.165) is 11.3 Å². The van der Waals surface area contributed by atoms with Crippen molar-refractivity contribution in [3.05, 3.63) is 65.7 Å². The number of hydrogen-bond acceptors (Lipinski definition) is 2. The largest absolute Gasteiger partial charge is 0.486 e. The van der Waals surface area contributed by atoms with Crippen LogP contribution < -0.4 is 4.74 Å². The molecule has 0 radical (unpaired) electrons. The lowest BCUT2D eigenvalue weighted by molar-refractivity contribution is 0.0987. The third-order valence-corrected chi connectivity index (χ3v) is 3.06. The summed E-state index contributed by atoms with van der Waals surface area (Å²) in [5.41, 5.74) is 1.83. The van der Waals surface area contributed by atoms with Gasteiger partial charge in [0.2, 0.25) is 0 Å². The van der Waals surface area contributed by atoms with Gasteiger partial charge in [-0.15, -0.1) is 0 Å². The van der Waals surface area contributed by atoms with Gasteiger partial charge in [-0.05, 0) is 24.6 Å². The highest BCUT2D eigenvalue weighted by Gasteiger charge is 2.08. The predicted octanol–water partition coefficient (Wildman–Crippen LogP) is 4.42. The zero-order valence-electron chi connectivity index (χ0n) is 11.3. The van der Waals surface area contributed by atoms with E-state index in [2.05, 4.69) is 0 Å². The fraction of sp³-hybridized carbons (Fsp3) is 0.235. The van der Waals surface area contributed by atoms with Crippen molar-refractivity contribution in [2.45, 2.75) is 26.4 Å². The molecule has 1 atom stereocenters. The van der Waals surface area contributed by atoms with Crippen molar-refractivity contribution in [2.75, 3.05) is 0 Å². The third-order valence-electron chi connectivity index (χ3n) is 3.06. The lowest BCUT2D eigenvalue weighted by Gasteiger charge is -2.15. The van der Waals surface area contributed by atoms with Gasteiger partial charge < -0.3 is 4.74 Å². The molecule has 0 fully saturated rings. The van der Waals surface area contributed by atoms with Crippen molar-refractivity contribution >= 4 is 5.78 Å². The summed E-state index contributed by atoms with van der Waals surface area (Å²) in [6.45, 7) is 3.87. The van der Waals surface area contributed by atoms with Crippen LogP contribution in [0.1, 0.15) is 42.3 Å². The van der Waals surface area contributed by atoms with Gasteiger partial charge in [0.15, 0.2) is 5.78 Å². The Labute approximate surface area is 114 Å². The quantitative estimate of drug-likeness (QED) is 0.738. The maximum Gasteiger partial charge on any atom is 0.162 e. The zero-order valence-corrected chi connectivity index (χ0v) is 11.3. The Kier molecular flexibility index (Phi) is 4.35. The van der Waals surface area contributed by atoms with Gasteiger partial charge in [0, 0.05) is 12.0 Å². The number of ether oxygens (including phenoxy) is 1. The SMILES string of the molecule is CCC(=O)c1cccc(OC(C)c2ccccc2)c1. The molecule has 0 aromatic heterocycles. The third kappa shape index (κ3) is 3.44. The van der Waals surface area contributed by atoms with Crippen molar-refractivity contribution in [3.8, 4) is 5.75 Å². The first-order valence-corrected chi connectivity index (χ1v) is 6.55. The van der Waals surface area contributed by atoms with E-state index in [1.54, 1.807) is 0 Å². The second kappa shape index (κ2) is 6.19. The first-order chi connectivity index (χ1) is 9.20. The fourth-order valence-electron chi connectivity index (χ4n) is 1.94. The molecule has 0 heterocycles. The predicted molar refractivity (Wildman–Crippen MR) is 76.5 cm³/mol. The summed E-state index contributed by atoms with van der Waals surface area (Å²) in [5, 5.41) is 0. The molecule has 0 amide bonds. The first kappa shape index (κ1) is 13.3. The Balaban J connectivity index is 2.13. The molecule has 2 aromatic rings. The van der Waals surface area contributed by atoms with Crippen molar-refractivity contribution in [3.63, 3.8) is 0 Å². The van der Waals surface area contributed by atoms with Gasteiger partial charge in [-0.2, -0.15) is 0 Å². The highest BCUT2D eigenvalue weighted by Crippen LogP contribution is 2.22. The van der Waals surface area contributed by atoms with Crippen LogP contribution in [-0.4, -0.2) is 5.78 Å². The molecular formula is C17H18O2. The molecule has 2 rings (SSSR count). The minimum atomic E-state index is -0.0341. The molecule has 1 unspecified atom stereocenters. The molecule has 0 aliphatic rings. The Bertz CT molecular complexity index is 546. The summed E-state index contributed by atoms with van der Waals surface area (Å²) in [5.74, 6) is 0.869. The summed E-state index contributed by atoms with van der Waals surface area (Å²) < 4.78 is 5.88. The molecule has 0 saturated carbocycles. The standard InChI is InChI=1S/C17H18O2/c1-3-17(18)15-10-7-11-16(12-15)19-13(2)14-8-5-4-6-9-14/h4-13H,3H2,1-2H3. The van der Waals surface area contributed by atoms with Gasteiger partial charge in [-0.1, -0.05) is 49.4 Å². The van der Waals surface area contributed by atoms with Gasteiger partial charge in [-0.25, -0.2) is 0 Å². The van der Waals surface area contributed by atoms with Crippen LogP contribution in [0.2, 0.25) is 0 Å². The molecule has 98 valence electrons. The number of carbonyl (C=O) groups excluding carboxylic acids is 1. The Morgan fingerprint density at radius 2 is 1.84 bits per heavy atom. The number of hydrogen-bond donors (Lipinski definition) is 0. The smallest absolute Gasteiger partial charge is 0.162 e. The van der Waals surface area contributed by atoms with Gasteiger partial charge in [0.05, 0.1) is 0 Å². The van der Waals surface area contributed by atoms with E-state index in [4.69, 9.17) is 4.74 Å². The molecule has 0 aliphatic carbocycles. The van der Waals surface area contributed by atoms with Crippen molar-refractivity contribution in [2.24, 2.45) is 0 Å². The van der Waals surface area contributed by atoms with Gasteiger partial charge in [-0.3, -0.25) is 4.79 Å². The second-order valence-electron chi connectivity index (χ2n) is 4.48. The number of ketones is 1. The second-order valence-corrected chi connectivity index (χ2v) is 4.48. The number of Topliss-reactive ketones (excluding diaryl/α,β-unsaturated/α-hetero) is 1. The Morgan fingerprint density at radius 1 is 1.11 bits per heavy atom. The minimum absolute atomic E-state index is 0.0341. The molecule has 0 saturated heterocycles. The summed E-state index contributed by atoms with van der Waals surface area (Å²) in [6.07, 6.45) is 0.478. The summed E-state index contributed by atoms with van der Waals surface area (Å²) in [7, 11) is 0. The van der Waals surface area contributed by atoms with Crippen LogP contribution in [0.15, 0.2) is 54.6 Å². The van der Waals surface area contributed by atoms with E-state index in [9.17, 15) is 4.79 Å². The Morgan fingerprint density at radius 3 is 2.53 bits per heavy atom. The average molecular weight is 254 g/mol. The maximum absolute atomic E-state index is 11.7. The lowest BCUT2D eigenvalue weighted by Crippen LogP contribution is -2.04. The van der Waals surface area contributed by atoms with E-state index in [-0.39, 0.29) is 11.9 Å². The van der Waals surface area contributed by atoms with Gasteiger partial charge >= 0.3 is 0 Å². The molecular weight excluding hydrogens is 236 g/mol. The van der Waals surface area contributed by atoms with Crippen LogP contribution in [0.25, 0.3) is 0 Å². The van der Waals surface area contributed by atoms with Gasteiger partial charge in [0.25, 0.3) is 0 Å². The summed E-state index contributed by atoms with van der Waals surface area (Å²) in [4.78, 5) is 11.7. The molecule has 19 heavy (non-hydrogen) atoms. The molecule has 0 N–H and O–H groups in total. The number of carbonyl (C=O) groups is 1. The van der Waals surface area contributed by atoms with E-state index in [0.29, 0.717) is 12.0 Å². The molecule has 0 bridgehead atoms. The minimum Gasteiger partial charge on any atom is -0.486 e. The van der Waals surface area contributed by atoms with Crippen LogP contribution >= 0.6 is 0 Å². The first-order valence-electron chi connectivity index (χ1n) is 6.55. The van der Waals surface area contributed by atoms with Crippen molar-refractivity contribution in [1.29, 1.82) is 0 Å². The highest BCUT2D eigenvalue weighted by atomic mass is 16.5. The van der Waals surface area contributed by atoms with E-state index < -0.39 is 0 Å². The fourth-order valence-corrected chi connectivity index (χ4v) is 1.94. The van der Waals surface area contributed by atoms with Crippen LogP contribution in [0.3, 0.4) is 0 Å². The summed E-state index contributed by atoms with van der Waals surface area (Å²) in [6, 6.07) is 17.4. The number of rotatable bonds is 5. The van der Waals surface area contributed by atoms with Crippen LogP contribution in [0.4, 0.5) is 0 Å². The monoisotopic (exact) mass is 254 g/mol. The van der Waals surface area contributed by atoms with E-state index >= 15 is 0 Å². The molecule has 2 heteroatoms. The molecule has 2 nitrogen and oxygen atoms in total. The van der Waals surface area contributed by atoms with E-state index in [1.807, 2.05) is 68.4 Å². The molecule has 0 aliphatic heterocycles. The lowest BCUT2D eigenvalue weighted by atomic mass is 10.1. The van der Waals surface area contributed by atoms with Gasteiger partial charge in [0.1, 0.15) is 11.9 Å². The zero-order chi connectivity index (χ0) is 13.7. The molecule has 2 aromatic carbocycles. The average Bonchev–Trinajstić information content (AvgIpc) is 2.47. The van der Waals surface area contributed by atoms with Crippen molar-refractivity contribution < 1.29 is 9.53 Å². The van der Waals surface area contributed by atoms with Crippen molar-refractivity contribution in [1.82, 2.24) is 0 Å². The topological polar surface area (TPSA) is 26.3 Å². The van der Waals surface area contributed by atoms with Crippen LogP contribution in [-0.2, 0) is 0 Å².